The van der Waals surface area contributed by atoms with Gasteiger partial charge in [0.2, 0.25) is 0 Å². The number of fused-ring (bicyclic) bond motifs is 1. The molecule has 1 unspecified atom stereocenters. The van der Waals surface area contributed by atoms with E-state index < -0.39 is 0 Å². The lowest BCUT2D eigenvalue weighted by Crippen LogP contribution is -2.31. The Balaban J connectivity index is 1.91. The van der Waals surface area contributed by atoms with Crippen LogP contribution in [0, 0.1) is 5.41 Å². The van der Waals surface area contributed by atoms with E-state index >= 15 is 0 Å². The monoisotopic (exact) mass is 257 g/mol. The molecule has 0 amide bonds. The third kappa shape index (κ3) is 2.06. The van der Waals surface area contributed by atoms with Gasteiger partial charge in [-0.15, -0.1) is 0 Å². The summed E-state index contributed by atoms with van der Waals surface area (Å²) in [7, 11) is 1.93. The van der Waals surface area contributed by atoms with Crippen molar-refractivity contribution < 1.29 is 4.79 Å². The number of para-hydroxylation sites is 1. The third-order valence-electron chi connectivity index (χ3n) is 4.20. The topological polar surface area (TPSA) is 46.9 Å². The first-order chi connectivity index (χ1) is 9.10. The van der Waals surface area contributed by atoms with Gasteiger partial charge in [0.1, 0.15) is 5.78 Å². The number of hydrogen-bond acceptors (Lipinski definition) is 3. The zero-order valence-electron chi connectivity index (χ0n) is 11.4. The van der Waals surface area contributed by atoms with Gasteiger partial charge in [-0.1, -0.05) is 25.1 Å². The molecule has 2 aromatic rings. The molecule has 0 radical (unpaired) electrons. The zero-order valence-corrected chi connectivity index (χ0v) is 11.4. The summed E-state index contributed by atoms with van der Waals surface area (Å²) in [5.41, 5.74) is 1.76. The van der Waals surface area contributed by atoms with E-state index in [1.165, 1.54) is 0 Å². The average molecular weight is 257 g/mol. The van der Waals surface area contributed by atoms with E-state index in [4.69, 9.17) is 0 Å². The number of rotatable bonds is 3. The van der Waals surface area contributed by atoms with Crippen LogP contribution in [0.15, 0.2) is 24.3 Å². The molecule has 19 heavy (non-hydrogen) atoms. The second-order valence-electron chi connectivity index (χ2n) is 5.67. The summed E-state index contributed by atoms with van der Waals surface area (Å²) in [6.07, 6.45) is 1.36. The Morgan fingerprint density at radius 3 is 3.00 bits per heavy atom. The predicted octanol–water partition coefficient (Wildman–Crippen LogP) is 1.68. The van der Waals surface area contributed by atoms with Crippen LogP contribution in [0.25, 0.3) is 10.9 Å². The fourth-order valence-electron chi connectivity index (χ4n) is 2.84. The van der Waals surface area contributed by atoms with Crippen molar-refractivity contribution in [1.29, 1.82) is 0 Å². The van der Waals surface area contributed by atoms with E-state index in [0.29, 0.717) is 12.2 Å². The van der Waals surface area contributed by atoms with Gasteiger partial charge < -0.3 is 5.32 Å². The molecule has 1 atom stereocenters. The highest BCUT2D eigenvalue weighted by molar-refractivity contribution is 5.91. The highest BCUT2D eigenvalue weighted by Crippen LogP contribution is 2.28. The van der Waals surface area contributed by atoms with E-state index in [0.717, 1.165) is 36.1 Å². The number of nitrogens with one attached hydrogen (secondary N) is 1. The lowest BCUT2D eigenvalue weighted by atomic mass is 9.82. The fraction of sp³-hybridized carbons (Fsp3) is 0.467. The Labute approximate surface area is 112 Å². The highest BCUT2D eigenvalue weighted by Gasteiger charge is 2.36. The van der Waals surface area contributed by atoms with Gasteiger partial charge in [-0.05, 0) is 19.0 Å². The summed E-state index contributed by atoms with van der Waals surface area (Å²) in [6, 6.07) is 8.07. The summed E-state index contributed by atoms with van der Waals surface area (Å²) in [6.45, 7) is 3.78. The number of benzene rings is 1. The summed E-state index contributed by atoms with van der Waals surface area (Å²) in [5, 5.41) is 8.87. The lowest BCUT2D eigenvalue weighted by molar-refractivity contribution is -0.126. The van der Waals surface area contributed by atoms with Crippen LogP contribution in [0.5, 0.6) is 0 Å². The quantitative estimate of drug-likeness (QED) is 0.910. The van der Waals surface area contributed by atoms with Crippen LogP contribution < -0.4 is 5.32 Å². The summed E-state index contributed by atoms with van der Waals surface area (Å²) in [5.74, 6) is 0.293. The van der Waals surface area contributed by atoms with Crippen LogP contribution >= 0.6 is 0 Å². The predicted molar refractivity (Wildman–Crippen MR) is 75.0 cm³/mol. The highest BCUT2D eigenvalue weighted by atomic mass is 16.1. The molecule has 100 valence electrons. The largest absolute Gasteiger partial charge is 0.316 e. The van der Waals surface area contributed by atoms with Crippen LogP contribution in [0.3, 0.4) is 0 Å². The summed E-state index contributed by atoms with van der Waals surface area (Å²) < 4.78 is 1.85. The van der Waals surface area contributed by atoms with Gasteiger partial charge in [0, 0.05) is 24.4 Å². The van der Waals surface area contributed by atoms with Gasteiger partial charge in [-0.3, -0.25) is 9.48 Å². The molecule has 0 saturated carbocycles. The Morgan fingerprint density at radius 1 is 1.47 bits per heavy atom. The molecule has 1 aromatic carbocycles. The molecule has 0 bridgehead atoms. The molecule has 4 nitrogen and oxygen atoms in total. The molecule has 1 saturated heterocycles. The van der Waals surface area contributed by atoms with Gasteiger partial charge >= 0.3 is 0 Å². The summed E-state index contributed by atoms with van der Waals surface area (Å²) >= 11 is 0. The van der Waals surface area contributed by atoms with Gasteiger partial charge in [-0.2, -0.15) is 5.10 Å². The molecule has 4 heteroatoms. The summed E-state index contributed by atoms with van der Waals surface area (Å²) in [4.78, 5) is 12.5. The van der Waals surface area contributed by atoms with Crippen LogP contribution in [-0.4, -0.2) is 28.7 Å². The molecular formula is C15H19N3O. The van der Waals surface area contributed by atoms with Gasteiger partial charge in [0.15, 0.2) is 0 Å². The fourth-order valence-corrected chi connectivity index (χ4v) is 2.84. The first-order valence-electron chi connectivity index (χ1n) is 6.75. The van der Waals surface area contributed by atoms with Crippen LogP contribution in [0.4, 0.5) is 0 Å². The Bertz CT molecular complexity index is 623. The van der Waals surface area contributed by atoms with Gasteiger partial charge in [0.05, 0.1) is 17.6 Å². The first kappa shape index (κ1) is 12.4. The van der Waals surface area contributed by atoms with Crippen molar-refractivity contribution in [3.05, 3.63) is 30.0 Å². The number of ketones is 1. The van der Waals surface area contributed by atoms with Crippen molar-refractivity contribution in [2.24, 2.45) is 12.5 Å². The molecule has 1 aliphatic heterocycles. The van der Waals surface area contributed by atoms with Gasteiger partial charge in [-0.25, -0.2) is 0 Å². The Morgan fingerprint density at radius 2 is 2.26 bits per heavy atom. The smallest absolute Gasteiger partial charge is 0.146 e. The van der Waals surface area contributed by atoms with E-state index in [-0.39, 0.29) is 5.41 Å². The van der Waals surface area contributed by atoms with Crippen molar-refractivity contribution in [2.45, 2.75) is 19.8 Å². The Hall–Kier alpha value is -1.68. The van der Waals surface area contributed by atoms with Crippen molar-refractivity contribution in [1.82, 2.24) is 15.1 Å². The van der Waals surface area contributed by atoms with Crippen molar-refractivity contribution in [3.8, 4) is 0 Å². The molecule has 1 aromatic heterocycles. The molecule has 1 N–H and O–H groups in total. The first-order valence-corrected chi connectivity index (χ1v) is 6.75. The number of hydrogen-bond donors (Lipinski definition) is 1. The minimum Gasteiger partial charge on any atom is -0.316 e. The number of Topliss-reactive ketones (excluding diaryl/α,β-unsaturated/α-hetero) is 1. The Kier molecular flexibility index (Phi) is 2.90. The molecule has 2 heterocycles. The third-order valence-corrected chi connectivity index (χ3v) is 4.20. The van der Waals surface area contributed by atoms with Gasteiger partial charge in [0.25, 0.3) is 0 Å². The minimum absolute atomic E-state index is 0.224. The van der Waals surface area contributed by atoms with E-state index in [1.54, 1.807) is 0 Å². The number of aromatic nitrogens is 2. The van der Waals surface area contributed by atoms with Crippen LogP contribution in [0.1, 0.15) is 19.0 Å². The number of carbonyl (C=O) groups is 1. The average Bonchev–Trinajstić information content (AvgIpc) is 2.97. The van der Waals surface area contributed by atoms with E-state index in [9.17, 15) is 4.79 Å². The number of aryl methyl sites for hydroxylation is 1. The second-order valence-corrected chi connectivity index (χ2v) is 5.67. The zero-order chi connectivity index (χ0) is 13.5. The lowest BCUT2D eigenvalue weighted by Gasteiger charge is -2.20. The molecule has 0 aliphatic carbocycles. The standard InChI is InChI=1S/C15H19N3O/c1-15(7-8-16-10-15)14(19)9-12-11-5-3-4-6-13(11)18(2)17-12/h3-6,16H,7-10H2,1-2H3. The maximum Gasteiger partial charge on any atom is 0.146 e. The normalized spacial score (nSPS) is 23.1. The molecular weight excluding hydrogens is 238 g/mol. The van der Waals surface area contributed by atoms with Crippen molar-refractivity contribution in [2.75, 3.05) is 13.1 Å². The van der Waals surface area contributed by atoms with Crippen molar-refractivity contribution in [3.63, 3.8) is 0 Å². The molecule has 1 aliphatic rings. The van der Waals surface area contributed by atoms with E-state index in [1.807, 2.05) is 36.0 Å². The maximum absolute atomic E-state index is 12.5. The molecule has 3 rings (SSSR count). The maximum atomic E-state index is 12.5. The molecule has 0 spiro atoms. The second kappa shape index (κ2) is 4.46. The van der Waals surface area contributed by atoms with E-state index in [2.05, 4.69) is 17.3 Å². The number of carbonyl (C=O) groups excluding carboxylic acids is 1. The van der Waals surface area contributed by atoms with Crippen LogP contribution in [-0.2, 0) is 18.3 Å². The molecule has 1 fully saturated rings. The minimum atomic E-state index is -0.224. The van der Waals surface area contributed by atoms with Crippen LogP contribution in [0.2, 0.25) is 0 Å². The number of nitrogens with zero attached hydrogens (tertiary/aromatic N) is 2. The van der Waals surface area contributed by atoms with Crippen molar-refractivity contribution >= 4 is 16.7 Å². The SMILES string of the molecule is Cn1nc(CC(=O)C2(C)CCNC2)c2ccccc21.